The summed E-state index contributed by atoms with van der Waals surface area (Å²) in [6.45, 7) is 5.00. The van der Waals surface area contributed by atoms with E-state index in [1.165, 1.54) is 0 Å². The third-order valence-corrected chi connectivity index (χ3v) is 5.72. The summed E-state index contributed by atoms with van der Waals surface area (Å²) in [5.41, 5.74) is 12.0. The zero-order valence-corrected chi connectivity index (χ0v) is 17.3. The minimum absolute atomic E-state index is 0.00711. The molecule has 0 radical (unpaired) electrons. The number of nitrogens with zero attached hydrogens (tertiary/aromatic N) is 8. The number of piperazine rings is 1. The van der Waals surface area contributed by atoms with E-state index in [0.717, 1.165) is 34.7 Å². The number of hydrogen-bond donors (Lipinski definition) is 0. The third kappa shape index (κ3) is 4.03. The van der Waals surface area contributed by atoms with Crippen molar-refractivity contribution in [2.75, 3.05) is 31.1 Å². The highest BCUT2D eigenvalue weighted by Crippen LogP contribution is 2.24. The number of aromatic nitrogens is 3. The molecule has 0 aliphatic carbocycles. The molecule has 4 rings (SSSR count). The molecule has 2 aromatic heterocycles. The molecule has 10 heteroatoms. The molecule has 1 fully saturated rings. The predicted octanol–water partition coefficient (Wildman–Crippen LogP) is 3.55. The Morgan fingerprint density at radius 2 is 2.07 bits per heavy atom. The van der Waals surface area contributed by atoms with Crippen LogP contribution in [0.4, 0.5) is 5.69 Å². The van der Waals surface area contributed by atoms with E-state index in [1.807, 2.05) is 30.0 Å². The summed E-state index contributed by atoms with van der Waals surface area (Å²) in [4.78, 5) is 24.1. The molecule has 0 unspecified atom stereocenters. The number of halogens is 1. The van der Waals surface area contributed by atoms with E-state index >= 15 is 0 Å². The highest BCUT2D eigenvalue weighted by Gasteiger charge is 2.23. The van der Waals surface area contributed by atoms with Crippen molar-refractivity contribution in [2.45, 2.75) is 20.0 Å². The summed E-state index contributed by atoms with van der Waals surface area (Å²) in [5.74, 6) is -0.00711. The quantitative estimate of drug-likeness (QED) is 0.355. The number of carbonyl (C=O) groups is 1. The van der Waals surface area contributed by atoms with Gasteiger partial charge < -0.3 is 9.80 Å². The third-order valence-electron chi connectivity index (χ3n) is 5.29. The molecule has 154 valence electrons. The normalized spacial score (nSPS) is 14.1. The lowest BCUT2D eigenvalue weighted by atomic mass is 10.2. The first kappa shape index (κ1) is 20.0. The van der Waals surface area contributed by atoms with Gasteiger partial charge >= 0.3 is 0 Å². The van der Waals surface area contributed by atoms with Crippen molar-refractivity contribution in [3.05, 3.63) is 63.3 Å². The van der Waals surface area contributed by atoms with E-state index < -0.39 is 0 Å². The maximum atomic E-state index is 12.9. The first-order valence-corrected chi connectivity index (χ1v) is 10.0. The van der Waals surface area contributed by atoms with Gasteiger partial charge in [-0.2, -0.15) is 5.10 Å². The van der Waals surface area contributed by atoms with Gasteiger partial charge in [-0.3, -0.25) is 4.79 Å². The number of aryl methyl sites for hydroxylation is 1. The van der Waals surface area contributed by atoms with Gasteiger partial charge in [-0.15, -0.1) is 0 Å². The van der Waals surface area contributed by atoms with E-state index in [2.05, 4.69) is 31.1 Å². The number of fused-ring (bicyclic) bond motifs is 1. The molecule has 1 aliphatic heterocycles. The molecule has 0 bridgehead atoms. The van der Waals surface area contributed by atoms with E-state index in [1.54, 1.807) is 16.9 Å². The molecule has 30 heavy (non-hydrogen) atoms. The minimum atomic E-state index is -0.00711. The lowest BCUT2D eigenvalue weighted by Gasteiger charge is -2.36. The average Bonchev–Trinajstić information content (AvgIpc) is 3.12. The first-order valence-electron chi connectivity index (χ1n) is 9.67. The van der Waals surface area contributed by atoms with Crippen LogP contribution in [0.25, 0.3) is 21.5 Å². The Labute approximate surface area is 178 Å². The molecule has 3 heterocycles. The fourth-order valence-corrected chi connectivity index (χ4v) is 3.79. The number of benzene rings is 1. The fourth-order valence-electron chi connectivity index (χ4n) is 3.67. The van der Waals surface area contributed by atoms with Crippen LogP contribution in [0.1, 0.15) is 11.3 Å². The highest BCUT2D eigenvalue weighted by atomic mass is 35.5. The Kier molecular flexibility index (Phi) is 5.74. The maximum Gasteiger partial charge on any atom is 0.244 e. The van der Waals surface area contributed by atoms with Gasteiger partial charge in [0.2, 0.25) is 5.91 Å². The summed E-state index contributed by atoms with van der Waals surface area (Å²) >= 11 is 6.12. The van der Waals surface area contributed by atoms with Gasteiger partial charge in [0.1, 0.15) is 6.54 Å². The Balaban J connectivity index is 1.44. The number of azide groups is 1. The van der Waals surface area contributed by atoms with Crippen LogP contribution in [-0.4, -0.2) is 51.8 Å². The van der Waals surface area contributed by atoms with Gasteiger partial charge in [0.25, 0.3) is 0 Å². The van der Waals surface area contributed by atoms with E-state index in [4.69, 9.17) is 17.1 Å². The molecule has 0 N–H and O–H groups in total. The molecule has 0 spiro atoms. The molecule has 1 aromatic carbocycles. The molecular weight excluding hydrogens is 404 g/mol. The second-order valence-corrected chi connectivity index (χ2v) is 7.58. The van der Waals surface area contributed by atoms with Gasteiger partial charge in [0.15, 0.2) is 5.65 Å². The largest absolute Gasteiger partial charge is 0.368 e. The van der Waals surface area contributed by atoms with E-state index in [9.17, 15) is 4.79 Å². The fraction of sp³-hybridized carbons (Fsp3) is 0.350. The standard InChI is InChI=1S/C20H21ClN8O/c1-14-11-15(4-5-17(14)21)27-7-9-28(10-8-27)19(30)13-29-20-16(3-2-6-23-20)18(25-29)12-24-26-22/h2-6,11H,7-10,12-13H2,1H3. The van der Waals surface area contributed by atoms with Crippen molar-refractivity contribution in [1.29, 1.82) is 0 Å². The topological polar surface area (TPSA) is 103 Å². The van der Waals surface area contributed by atoms with Gasteiger partial charge in [0.05, 0.1) is 12.2 Å². The van der Waals surface area contributed by atoms with Crippen LogP contribution >= 0.6 is 11.6 Å². The second kappa shape index (κ2) is 8.61. The molecule has 1 amide bonds. The molecule has 0 atom stereocenters. The molecule has 0 saturated carbocycles. The van der Waals surface area contributed by atoms with Crippen molar-refractivity contribution in [2.24, 2.45) is 5.11 Å². The van der Waals surface area contributed by atoms with Crippen LogP contribution in [0.3, 0.4) is 0 Å². The number of anilines is 1. The summed E-state index contributed by atoms with van der Waals surface area (Å²) in [6.07, 6.45) is 1.66. The average molecular weight is 425 g/mol. The minimum Gasteiger partial charge on any atom is -0.368 e. The number of pyridine rings is 1. The van der Waals surface area contributed by atoms with Gasteiger partial charge in [-0.05, 0) is 48.4 Å². The molecule has 3 aromatic rings. The van der Waals surface area contributed by atoms with Crippen LogP contribution in [-0.2, 0) is 17.9 Å². The number of rotatable bonds is 5. The van der Waals surface area contributed by atoms with Crippen LogP contribution in [0, 0.1) is 6.92 Å². The first-order chi connectivity index (χ1) is 14.6. The predicted molar refractivity (Wildman–Crippen MR) is 115 cm³/mol. The summed E-state index contributed by atoms with van der Waals surface area (Å²) in [6, 6.07) is 9.67. The molecule has 1 saturated heterocycles. The van der Waals surface area contributed by atoms with Crippen molar-refractivity contribution in [3.8, 4) is 0 Å². The Morgan fingerprint density at radius 1 is 1.27 bits per heavy atom. The maximum absolute atomic E-state index is 12.9. The summed E-state index contributed by atoms with van der Waals surface area (Å²) < 4.78 is 1.59. The summed E-state index contributed by atoms with van der Waals surface area (Å²) in [5, 5.41) is 9.60. The lowest BCUT2D eigenvalue weighted by Crippen LogP contribution is -2.49. The molecule has 1 aliphatic rings. The zero-order valence-electron chi connectivity index (χ0n) is 16.6. The zero-order chi connectivity index (χ0) is 21.1. The smallest absolute Gasteiger partial charge is 0.244 e. The molecule has 9 nitrogen and oxygen atoms in total. The van der Waals surface area contributed by atoms with Crippen molar-refractivity contribution >= 4 is 34.2 Å². The van der Waals surface area contributed by atoms with Crippen molar-refractivity contribution < 1.29 is 4.79 Å². The van der Waals surface area contributed by atoms with Crippen LogP contribution in [0.15, 0.2) is 41.6 Å². The van der Waals surface area contributed by atoms with Gasteiger partial charge in [-0.1, -0.05) is 16.7 Å². The lowest BCUT2D eigenvalue weighted by molar-refractivity contribution is -0.132. The Bertz CT molecular complexity index is 1130. The Hall–Kier alpha value is -3.29. The Morgan fingerprint density at radius 3 is 2.80 bits per heavy atom. The van der Waals surface area contributed by atoms with Crippen LogP contribution in [0.5, 0.6) is 0 Å². The van der Waals surface area contributed by atoms with Gasteiger partial charge in [0, 0.05) is 53.4 Å². The van der Waals surface area contributed by atoms with E-state index in [0.29, 0.717) is 24.4 Å². The summed E-state index contributed by atoms with van der Waals surface area (Å²) in [7, 11) is 0. The number of carbonyl (C=O) groups excluding carboxylic acids is 1. The monoisotopic (exact) mass is 424 g/mol. The van der Waals surface area contributed by atoms with Crippen molar-refractivity contribution in [3.63, 3.8) is 0 Å². The molecular formula is C20H21ClN8O. The SMILES string of the molecule is Cc1cc(N2CCN(C(=O)Cn3nc(CN=[N+]=[N-])c4cccnc43)CC2)ccc1Cl. The van der Waals surface area contributed by atoms with Crippen molar-refractivity contribution in [1.82, 2.24) is 19.7 Å². The number of amides is 1. The van der Waals surface area contributed by atoms with E-state index in [-0.39, 0.29) is 19.0 Å². The van der Waals surface area contributed by atoms with Crippen LogP contribution < -0.4 is 4.90 Å². The van der Waals surface area contributed by atoms with Gasteiger partial charge in [-0.25, -0.2) is 9.67 Å². The highest BCUT2D eigenvalue weighted by molar-refractivity contribution is 6.31. The van der Waals surface area contributed by atoms with Crippen LogP contribution in [0.2, 0.25) is 5.02 Å². The number of hydrogen-bond acceptors (Lipinski definition) is 5. The second-order valence-electron chi connectivity index (χ2n) is 7.17.